The zero-order valence-electron chi connectivity index (χ0n) is 13.6. The fourth-order valence-corrected chi connectivity index (χ4v) is 1.92. The van der Waals surface area contributed by atoms with Gasteiger partial charge in [-0.2, -0.15) is 0 Å². The van der Waals surface area contributed by atoms with Crippen molar-refractivity contribution in [1.82, 2.24) is 10.2 Å². The quantitative estimate of drug-likeness (QED) is 0.807. The van der Waals surface area contributed by atoms with Crippen LogP contribution < -0.4 is 10.6 Å². The van der Waals surface area contributed by atoms with Gasteiger partial charge in [-0.1, -0.05) is 32.0 Å². The lowest BCUT2D eigenvalue weighted by atomic mass is 10.0. The topological polar surface area (TPSA) is 70.7 Å². The zero-order chi connectivity index (χ0) is 16.5. The second-order valence-electron chi connectivity index (χ2n) is 5.49. The predicted octanol–water partition coefficient (Wildman–Crippen LogP) is 1.94. The van der Waals surface area contributed by atoms with Gasteiger partial charge in [0.25, 0.3) is 0 Å². The lowest BCUT2D eigenvalue weighted by molar-refractivity contribution is -0.121. The first-order valence-electron chi connectivity index (χ1n) is 7.31. The highest BCUT2D eigenvalue weighted by molar-refractivity contribution is 5.82. The largest absolute Gasteiger partial charge is 0.453 e. The maximum absolute atomic E-state index is 11.9. The molecule has 0 spiro atoms. The molecule has 22 heavy (non-hydrogen) atoms. The smallest absolute Gasteiger partial charge is 0.409 e. The molecule has 0 saturated heterocycles. The number of carbonyl (C=O) groups excluding carboxylic acids is 2. The molecule has 1 rings (SSSR count). The van der Waals surface area contributed by atoms with Crippen molar-refractivity contribution in [3.8, 4) is 0 Å². The molecule has 6 nitrogen and oxygen atoms in total. The highest BCUT2D eigenvalue weighted by Gasteiger charge is 2.16. The van der Waals surface area contributed by atoms with Crippen molar-refractivity contribution in [2.75, 3.05) is 32.6 Å². The second kappa shape index (κ2) is 8.92. The average molecular weight is 307 g/mol. The van der Waals surface area contributed by atoms with Crippen molar-refractivity contribution in [2.24, 2.45) is 5.92 Å². The molecular formula is C16H25N3O3. The van der Waals surface area contributed by atoms with E-state index in [1.165, 1.54) is 19.1 Å². The van der Waals surface area contributed by atoms with Crippen molar-refractivity contribution < 1.29 is 14.3 Å². The van der Waals surface area contributed by atoms with Crippen LogP contribution in [0.25, 0.3) is 0 Å². The molecule has 0 bridgehead atoms. The SMILES string of the molecule is COC(=O)N(C)CC(=O)NC[C@H](Nc1ccccc1)C(C)C. The van der Waals surface area contributed by atoms with Crippen LogP contribution in [0.15, 0.2) is 30.3 Å². The molecular weight excluding hydrogens is 282 g/mol. The number of likely N-dealkylation sites (N-methyl/N-ethyl adjacent to an activating group) is 1. The van der Waals surface area contributed by atoms with Gasteiger partial charge >= 0.3 is 6.09 Å². The summed E-state index contributed by atoms with van der Waals surface area (Å²) in [7, 11) is 2.81. The van der Waals surface area contributed by atoms with E-state index in [9.17, 15) is 9.59 Å². The molecule has 0 aliphatic carbocycles. The van der Waals surface area contributed by atoms with Crippen LogP contribution in [0.4, 0.5) is 10.5 Å². The minimum atomic E-state index is -0.530. The van der Waals surface area contributed by atoms with Crippen LogP contribution in [-0.4, -0.2) is 50.2 Å². The third-order valence-corrected chi connectivity index (χ3v) is 3.32. The Morgan fingerprint density at radius 1 is 1.23 bits per heavy atom. The predicted molar refractivity (Wildman–Crippen MR) is 86.7 cm³/mol. The first kappa shape index (κ1) is 17.8. The summed E-state index contributed by atoms with van der Waals surface area (Å²) in [5, 5.41) is 6.24. The van der Waals surface area contributed by atoms with Crippen LogP contribution in [0.1, 0.15) is 13.8 Å². The number of nitrogens with one attached hydrogen (secondary N) is 2. The van der Waals surface area contributed by atoms with E-state index in [2.05, 4.69) is 29.2 Å². The summed E-state index contributed by atoms with van der Waals surface area (Å²) in [6.07, 6.45) is -0.530. The van der Waals surface area contributed by atoms with Gasteiger partial charge in [0.15, 0.2) is 0 Å². The van der Waals surface area contributed by atoms with Gasteiger partial charge in [-0.15, -0.1) is 0 Å². The Bertz CT molecular complexity index is 477. The number of rotatable bonds is 7. The van der Waals surface area contributed by atoms with Crippen molar-refractivity contribution in [3.05, 3.63) is 30.3 Å². The minimum Gasteiger partial charge on any atom is -0.453 e. The maximum atomic E-state index is 11.9. The molecule has 122 valence electrons. The van der Waals surface area contributed by atoms with Crippen molar-refractivity contribution >= 4 is 17.7 Å². The number of amides is 2. The molecule has 0 aliphatic rings. The van der Waals surface area contributed by atoms with Gasteiger partial charge in [0.2, 0.25) is 5.91 Å². The summed E-state index contributed by atoms with van der Waals surface area (Å²) in [5.41, 5.74) is 1.02. The van der Waals surface area contributed by atoms with Crippen LogP contribution in [0.5, 0.6) is 0 Å². The summed E-state index contributed by atoms with van der Waals surface area (Å²) in [5.74, 6) is 0.132. The van der Waals surface area contributed by atoms with Gasteiger partial charge in [-0.25, -0.2) is 4.79 Å². The third kappa shape index (κ3) is 6.03. The van der Waals surface area contributed by atoms with Crippen molar-refractivity contribution in [2.45, 2.75) is 19.9 Å². The second-order valence-corrected chi connectivity index (χ2v) is 5.49. The van der Waals surface area contributed by atoms with Gasteiger partial charge in [-0.05, 0) is 18.1 Å². The van der Waals surface area contributed by atoms with E-state index in [-0.39, 0.29) is 18.5 Å². The van der Waals surface area contributed by atoms with Gasteiger partial charge in [0.05, 0.1) is 7.11 Å². The summed E-state index contributed by atoms with van der Waals surface area (Å²) >= 11 is 0. The Hall–Kier alpha value is -2.24. The lowest BCUT2D eigenvalue weighted by Gasteiger charge is -2.24. The third-order valence-electron chi connectivity index (χ3n) is 3.32. The van der Waals surface area contributed by atoms with Crippen LogP contribution in [0.3, 0.4) is 0 Å². The van der Waals surface area contributed by atoms with Gasteiger partial charge in [0, 0.05) is 25.3 Å². The molecule has 2 N–H and O–H groups in total. The van der Waals surface area contributed by atoms with Crippen LogP contribution in [0, 0.1) is 5.92 Å². The zero-order valence-corrected chi connectivity index (χ0v) is 13.6. The molecule has 6 heteroatoms. The van der Waals surface area contributed by atoms with E-state index in [1.807, 2.05) is 30.3 Å². The molecule has 0 radical (unpaired) electrons. The monoisotopic (exact) mass is 307 g/mol. The van der Waals surface area contributed by atoms with Gasteiger partial charge < -0.3 is 20.3 Å². The first-order chi connectivity index (χ1) is 10.4. The van der Waals surface area contributed by atoms with Crippen molar-refractivity contribution in [3.63, 3.8) is 0 Å². The number of nitrogens with zero attached hydrogens (tertiary/aromatic N) is 1. The van der Waals surface area contributed by atoms with Crippen molar-refractivity contribution in [1.29, 1.82) is 0 Å². The van der Waals surface area contributed by atoms with E-state index in [0.29, 0.717) is 12.5 Å². The maximum Gasteiger partial charge on any atom is 0.409 e. The summed E-state index contributed by atoms with van der Waals surface area (Å²) < 4.78 is 4.55. The number of hydrogen-bond acceptors (Lipinski definition) is 4. The number of ether oxygens (including phenoxy) is 1. The molecule has 0 aromatic heterocycles. The molecule has 0 fully saturated rings. The first-order valence-corrected chi connectivity index (χ1v) is 7.31. The Morgan fingerprint density at radius 3 is 2.41 bits per heavy atom. The normalized spacial score (nSPS) is 11.7. The van der Waals surface area contributed by atoms with E-state index < -0.39 is 6.09 Å². The van der Waals surface area contributed by atoms with Crippen LogP contribution in [0.2, 0.25) is 0 Å². The molecule has 1 aromatic rings. The fraction of sp³-hybridized carbons (Fsp3) is 0.500. The number of carbonyl (C=O) groups is 2. The number of anilines is 1. The highest BCUT2D eigenvalue weighted by Crippen LogP contribution is 2.11. The number of benzene rings is 1. The van der Waals surface area contributed by atoms with E-state index in [4.69, 9.17) is 0 Å². The Morgan fingerprint density at radius 2 is 1.86 bits per heavy atom. The number of para-hydroxylation sites is 1. The molecule has 0 heterocycles. The van der Waals surface area contributed by atoms with Crippen LogP contribution in [-0.2, 0) is 9.53 Å². The summed E-state index contributed by atoms with van der Waals surface area (Å²) in [4.78, 5) is 24.3. The molecule has 0 unspecified atom stereocenters. The van der Waals surface area contributed by atoms with E-state index in [1.54, 1.807) is 0 Å². The molecule has 1 aromatic carbocycles. The number of methoxy groups -OCH3 is 1. The summed E-state index contributed by atoms with van der Waals surface area (Å²) in [6.45, 7) is 4.64. The Kier molecular flexibility index (Phi) is 7.22. The molecule has 0 saturated carbocycles. The fourth-order valence-electron chi connectivity index (χ4n) is 1.92. The van der Waals surface area contributed by atoms with Gasteiger partial charge in [-0.3, -0.25) is 4.79 Å². The standard InChI is InChI=1S/C16H25N3O3/c1-12(2)14(18-13-8-6-5-7-9-13)10-17-15(20)11-19(3)16(21)22-4/h5-9,12,14,18H,10-11H2,1-4H3,(H,17,20)/t14-/m0/s1. The average Bonchev–Trinajstić information content (AvgIpc) is 2.51. The number of hydrogen-bond donors (Lipinski definition) is 2. The molecule has 2 amide bonds. The highest BCUT2D eigenvalue weighted by atomic mass is 16.5. The van der Waals surface area contributed by atoms with E-state index in [0.717, 1.165) is 5.69 Å². The van der Waals surface area contributed by atoms with E-state index >= 15 is 0 Å². The van der Waals surface area contributed by atoms with Gasteiger partial charge in [0.1, 0.15) is 6.54 Å². The molecule has 0 aliphatic heterocycles. The summed E-state index contributed by atoms with van der Waals surface area (Å²) in [6, 6.07) is 9.97. The Balaban J connectivity index is 2.47. The lowest BCUT2D eigenvalue weighted by Crippen LogP contribution is -2.44. The minimum absolute atomic E-state index is 0.0250. The molecule has 1 atom stereocenters. The Labute approximate surface area is 131 Å². The van der Waals surface area contributed by atoms with Crippen LogP contribution >= 0.6 is 0 Å².